The molecule has 19 heavy (non-hydrogen) atoms. The molecule has 0 aromatic rings. The molecule has 0 spiro atoms. The Labute approximate surface area is 122 Å². The van der Waals surface area contributed by atoms with E-state index in [1.807, 2.05) is 10.7 Å². The summed E-state index contributed by atoms with van der Waals surface area (Å²) in [5, 5.41) is 1.98. The lowest BCUT2D eigenvalue weighted by atomic mass is 9.34. The zero-order valence-electron chi connectivity index (χ0n) is 13.2. The van der Waals surface area contributed by atoms with Gasteiger partial charge in [-0.05, 0) is 49.9 Å². The first kappa shape index (κ1) is 14.0. The molecular weight excluding hydrogens is 243 g/mol. The van der Waals surface area contributed by atoms with Crippen molar-refractivity contribution >= 4 is 15.5 Å². The molecule has 0 amide bonds. The van der Waals surface area contributed by atoms with Crippen molar-refractivity contribution in [3.05, 3.63) is 10.7 Å². The SMILES string of the molecule is CCCC/C(=C1/CC2C[C@H]3CB1C[C@@H](C2)C3)[Si](C)C. The van der Waals surface area contributed by atoms with Gasteiger partial charge in [0, 0.05) is 0 Å². The van der Waals surface area contributed by atoms with Gasteiger partial charge >= 0.3 is 0 Å². The summed E-state index contributed by atoms with van der Waals surface area (Å²) in [6, 6.07) is 0. The largest absolute Gasteiger partial charge is 0.170 e. The van der Waals surface area contributed by atoms with Gasteiger partial charge in [-0.2, -0.15) is 0 Å². The van der Waals surface area contributed by atoms with Crippen LogP contribution in [0, 0.1) is 17.8 Å². The summed E-state index contributed by atoms with van der Waals surface area (Å²) in [5.41, 5.74) is 2.00. The van der Waals surface area contributed by atoms with Crippen molar-refractivity contribution in [1.29, 1.82) is 0 Å². The van der Waals surface area contributed by atoms with Crippen molar-refractivity contribution in [2.75, 3.05) is 0 Å². The predicted molar refractivity (Wildman–Crippen MR) is 88.3 cm³/mol. The van der Waals surface area contributed by atoms with Crippen molar-refractivity contribution in [1.82, 2.24) is 0 Å². The fourth-order valence-corrected chi connectivity index (χ4v) is 7.00. The lowest BCUT2D eigenvalue weighted by molar-refractivity contribution is 0.216. The maximum atomic E-state index is 2.54. The summed E-state index contributed by atoms with van der Waals surface area (Å²) < 4.78 is 0. The van der Waals surface area contributed by atoms with E-state index in [-0.39, 0.29) is 8.80 Å². The molecule has 105 valence electrons. The van der Waals surface area contributed by atoms with Crippen LogP contribution in [0.1, 0.15) is 51.9 Å². The topological polar surface area (TPSA) is 0 Å². The van der Waals surface area contributed by atoms with Gasteiger partial charge in [-0.3, -0.25) is 0 Å². The van der Waals surface area contributed by atoms with Gasteiger partial charge in [0.15, 0.2) is 6.71 Å². The highest BCUT2D eigenvalue weighted by molar-refractivity contribution is 6.72. The van der Waals surface area contributed by atoms with E-state index in [4.69, 9.17) is 0 Å². The molecule has 0 aromatic heterocycles. The van der Waals surface area contributed by atoms with Gasteiger partial charge in [-0.25, -0.2) is 0 Å². The minimum absolute atomic E-state index is 0.221. The van der Waals surface area contributed by atoms with Crippen LogP contribution in [-0.4, -0.2) is 15.5 Å². The quantitative estimate of drug-likeness (QED) is 0.614. The van der Waals surface area contributed by atoms with Crippen LogP contribution in [0.15, 0.2) is 10.7 Å². The second-order valence-corrected chi connectivity index (χ2v) is 10.4. The normalized spacial score (nSPS) is 36.0. The number of allylic oxidation sites excluding steroid dienone is 2. The van der Waals surface area contributed by atoms with E-state index in [9.17, 15) is 0 Å². The summed E-state index contributed by atoms with van der Waals surface area (Å²) in [6.45, 7) is 8.44. The number of rotatable bonds is 4. The minimum atomic E-state index is -0.221. The van der Waals surface area contributed by atoms with E-state index in [0.717, 1.165) is 24.5 Å². The summed E-state index contributed by atoms with van der Waals surface area (Å²) in [7, 11) is -0.221. The molecule has 4 bridgehead atoms. The van der Waals surface area contributed by atoms with Crippen LogP contribution >= 0.6 is 0 Å². The molecule has 0 nitrogen and oxygen atoms in total. The molecule has 1 aliphatic carbocycles. The molecule has 0 N–H and O–H groups in total. The first-order valence-electron chi connectivity index (χ1n) is 8.69. The number of unbranched alkanes of at least 4 members (excludes halogenated alkanes) is 1. The molecule has 3 heterocycles. The third-order valence-electron chi connectivity index (χ3n) is 6.01. The number of hydrogen-bond acceptors (Lipinski definition) is 0. The van der Waals surface area contributed by atoms with Crippen molar-refractivity contribution in [2.24, 2.45) is 17.8 Å². The minimum Gasteiger partial charge on any atom is -0.106 e. The highest BCUT2D eigenvalue weighted by atomic mass is 28.3. The Morgan fingerprint density at radius 2 is 1.74 bits per heavy atom. The molecule has 1 unspecified atom stereocenters. The summed E-state index contributed by atoms with van der Waals surface area (Å²) in [6.07, 6.45) is 13.6. The van der Waals surface area contributed by atoms with Crippen LogP contribution in [0.3, 0.4) is 0 Å². The number of hydrogen-bond donors (Lipinski definition) is 0. The monoisotopic (exact) mass is 273 g/mol. The van der Waals surface area contributed by atoms with Crippen LogP contribution in [0.25, 0.3) is 0 Å². The van der Waals surface area contributed by atoms with E-state index in [0.29, 0.717) is 0 Å². The first-order valence-corrected chi connectivity index (χ1v) is 11.2. The van der Waals surface area contributed by atoms with Crippen LogP contribution < -0.4 is 0 Å². The average molecular weight is 273 g/mol. The molecule has 1 saturated carbocycles. The highest BCUT2D eigenvalue weighted by Crippen LogP contribution is 2.51. The van der Waals surface area contributed by atoms with Crippen molar-refractivity contribution in [3.8, 4) is 0 Å². The Kier molecular flexibility index (Phi) is 4.26. The summed E-state index contributed by atoms with van der Waals surface area (Å²) >= 11 is 0. The molecule has 4 aliphatic rings. The van der Waals surface area contributed by atoms with Crippen molar-refractivity contribution in [3.63, 3.8) is 0 Å². The van der Waals surface area contributed by atoms with Gasteiger partial charge in [0.1, 0.15) is 0 Å². The zero-order chi connectivity index (χ0) is 13.4. The van der Waals surface area contributed by atoms with E-state index < -0.39 is 0 Å². The zero-order valence-corrected chi connectivity index (χ0v) is 14.2. The molecule has 1 radical (unpaired) electrons. The van der Waals surface area contributed by atoms with Crippen LogP contribution in [0.2, 0.25) is 25.7 Å². The molecule has 4 fully saturated rings. The smallest absolute Gasteiger partial charge is 0.106 e. The van der Waals surface area contributed by atoms with Gasteiger partial charge in [0.25, 0.3) is 0 Å². The second-order valence-electron chi connectivity index (χ2n) is 7.78. The van der Waals surface area contributed by atoms with Crippen LogP contribution in [-0.2, 0) is 0 Å². The Morgan fingerprint density at radius 1 is 1.11 bits per heavy atom. The lowest BCUT2D eigenvalue weighted by Gasteiger charge is -2.37. The average Bonchev–Trinajstić information content (AvgIpc) is 2.54. The molecule has 4 rings (SSSR count). The Balaban J connectivity index is 1.88. The van der Waals surface area contributed by atoms with Gasteiger partial charge in [0.05, 0.1) is 8.80 Å². The fraction of sp³-hybridized carbons (Fsp3) is 0.882. The van der Waals surface area contributed by atoms with Crippen LogP contribution in [0.4, 0.5) is 0 Å². The van der Waals surface area contributed by atoms with Crippen molar-refractivity contribution < 1.29 is 0 Å². The maximum Gasteiger partial charge on any atom is 0.170 e. The van der Waals surface area contributed by atoms with Gasteiger partial charge < -0.3 is 0 Å². The van der Waals surface area contributed by atoms with E-state index >= 15 is 0 Å². The second kappa shape index (κ2) is 5.79. The molecular formula is C17H30BSi. The van der Waals surface area contributed by atoms with E-state index in [2.05, 4.69) is 20.0 Å². The van der Waals surface area contributed by atoms with E-state index in [1.165, 1.54) is 25.7 Å². The number of fused-ring (bicyclic) bond motifs is 1. The van der Waals surface area contributed by atoms with Gasteiger partial charge in [-0.15, -0.1) is 5.47 Å². The van der Waals surface area contributed by atoms with E-state index in [1.54, 1.807) is 31.9 Å². The summed E-state index contributed by atoms with van der Waals surface area (Å²) in [4.78, 5) is 0. The Hall–Kier alpha value is 0.0218. The third-order valence-corrected chi connectivity index (χ3v) is 7.79. The molecule has 3 saturated heterocycles. The molecule has 3 aliphatic heterocycles. The van der Waals surface area contributed by atoms with Crippen LogP contribution in [0.5, 0.6) is 0 Å². The lowest BCUT2D eigenvalue weighted by Crippen LogP contribution is -2.32. The third kappa shape index (κ3) is 2.89. The van der Waals surface area contributed by atoms with Crippen molar-refractivity contribution in [2.45, 2.75) is 77.6 Å². The first-order chi connectivity index (χ1) is 9.17. The Morgan fingerprint density at radius 3 is 2.32 bits per heavy atom. The Bertz CT molecular complexity index is 346. The fourth-order valence-electron chi connectivity index (χ4n) is 5.37. The molecule has 0 aromatic carbocycles. The van der Waals surface area contributed by atoms with Gasteiger partial charge in [-0.1, -0.05) is 50.7 Å². The standard InChI is InChI=1S/C17H30BSi/c1-4-5-6-17(19(2)3)16-10-13-7-14-9-15(8-13)12-18(16)11-14/h13-15H,4-12H2,1-3H3/b17-16+/t13?,14-,15+. The van der Waals surface area contributed by atoms with Gasteiger partial charge in [0.2, 0.25) is 0 Å². The summed E-state index contributed by atoms with van der Waals surface area (Å²) in [5.74, 6) is 3.29. The molecule has 2 heteroatoms. The maximum absolute atomic E-state index is 2.54. The highest BCUT2D eigenvalue weighted by Gasteiger charge is 2.43. The molecule has 3 atom stereocenters. The predicted octanol–water partition coefficient (Wildman–Crippen LogP) is 5.25.